The van der Waals surface area contributed by atoms with E-state index in [0.29, 0.717) is 5.88 Å². The highest BCUT2D eigenvalue weighted by molar-refractivity contribution is 9.10. The summed E-state index contributed by atoms with van der Waals surface area (Å²) in [5, 5.41) is 5.30. The van der Waals surface area contributed by atoms with E-state index in [-0.39, 0.29) is 6.10 Å². The summed E-state index contributed by atoms with van der Waals surface area (Å²) in [6.07, 6.45) is 1.61. The van der Waals surface area contributed by atoms with Crippen molar-refractivity contribution in [1.29, 1.82) is 0 Å². The zero-order valence-corrected chi connectivity index (χ0v) is 12.6. The van der Waals surface area contributed by atoms with Gasteiger partial charge in [-0.15, -0.1) is 11.3 Å². The molecular formula is C12H14BrN3OS. The normalized spacial score (nSPS) is 10.7. The van der Waals surface area contributed by atoms with E-state index < -0.39 is 0 Å². The van der Waals surface area contributed by atoms with Gasteiger partial charge in [0, 0.05) is 15.4 Å². The molecule has 0 unspecified atom stereocenters. The largest absolute Gasteiger partial charge is 0.475 e. The van der Waals surface area contributed by atoms with Gasteiger partial charge in [0.05, 0.1) is 12.6 Å². The summed E-state index contributed by atoms with van der Waals surface area (Å²) in [7, 11) is 0. The Morgan fingerprint density at radius 2 is 2.28 bits per heavy atom. The molecule has 0 fully saturated rings. The van der Waals surface area contributed by atoms with E-state index in [9.17, 15) is 0 Å². The van der Waals surface area contributed by atoms with Crippen LogP contribution in [0.1, 0.15) is 18.7 Å². The standard InChI is InChI=1S/C12H14BrN3OS/c1-8(2)17-12-5-11(15-7-16-12)14-6-10-9(13)3-4-18-10/h3-5,7-8H,6H2,1-2H3,(H,14,15,16). The lowest BCUT2D eigenvalue weighted by Gasteiger charge is -2.10. The highest BCUT2D eigenvalue weighted by atomic mass is 79.9. The van der Waals surface area contributed by atoms with Crippen molar-refractivity contribution < 1.29 is 4.74 Å². The lowest BCUT2D eigenvalue weighted by atomic mass is 10.4. The van der Waals surface area contributed by atoms with E-state index in [0.717, 1.165) is 16.8 Å². The Morgan fingerprint density at radius 1 is 1.44 bits per heavy atom. The van der Waals surface area contributed by atoms with Crippen LogP contribution >= 0.6 is 27.3 Å². The van der Waals surface area contributed by atoms with Crippen LogP contribution in [0.25, 0.3) is 0 Å². The maximum absolute atomic E-state index is 5.52. The lowest BCUT2D eigenvalue weighted by molar-refractivity contribution is 0.232. The highest BCUT2D eigenvalue weighted by Gasteiger charge is 2.04. The zero-order chi connectivity index (χ0) is 13.0. The molecule has 0 bridgehead atoms. The molecule has 0 radical (unpaired) electrons. The van der Waals surface area contributed by atoms with Crippen molar-refractivity contribution in [2.75, 3.05) is 5.32 Å². The maximum Gasteiger partial charge on any atom is 0.218 e. The first-order valence-corrected chi connectivity index (χ1v) is 7.27. The van der Waals surface area contributed by atoms with E-state index in [1.807, 2.05) is 31.4 Å². The SMILES string of the molecule is CC(C)Oc1cc(NCc2sccc2Br)ncn1. The third-order valence-corrected chi connectivity index (χ3v) is 4.05. The fourth-order valence-electron chi connectivity index (χ4n) is 1.36. The van der Waals surface area contributed by atoms with Crippen molar-refractivity contribution in [1.82, 2.24) is 9.97 Å². The van der Waals surface area contributed by atoms with E-state index in [1.165, 1.54) is 11.2 Å². The second-order valence-corrected chi connectivity index (χ2v) is 5.81. The van der Waals surface area contributed by atoms with E-state index in [2.05, 4.69) is 31.2 Å². The summed E-state index contributed by atoms with van der Waals surface area (Å²) < 4.78 is 6.64. The Morgan fingerprint density at radius 3 is 2.94 bits per heavy atom. The third kappa shape index (κ3) is 3.68. The number of ether oxygens (including phenoxy) is 1. The number of halogens is 1. The zero-order valence-electron chi connectivity index (χ0n) is 10.2. The summed E-state index contributed by atoms with van der Waals surface area (Å²) in [5.41, 5.74) is 0. The molecule has 0 saturated heterocycles. The number of rotatable bonds is 5. The lowest BCUT2D eigenvalue weighted by Crippen LogP contribution is -2.08. The van der Waals surface area contributed by atoms with Crippen molar-refractivity contribution in [3.8, 4) is 5.88 Å². The Balaban J connectivity index is 1.99. The van der Waals surface area contributed by atoms with E-state index in [1.54, 1.807) is 11.3 Å². The van der Waals surface area contributed by atoms with Gasteiger partial charge >= 0.3 is 0 Å². The van der Waals surface area contributed by atoms with Crippen molar-refractivity contribution in [2.45, 2.75) is 26.5 Å². The molecule has 0 amide bonds. The van der Waals surface area contributed by atoms with Crippen LogP contribution in [0, 0.1) is 0 Å². The molecule has 2 heterocycles. The number of nitrogens with one attached hydrogen (secondary N) is 1. The van der Waals surface area contributed by atoms with Gasteiger partial charge in [0.2, 0.25) is 5.88 Å². The molecule has 18 heavy (non-hydrogen) atoms. The quantitative estimate of drug-likeness (QED) is 0.909. The number of hydrogen-bond acceptors (Lipinski definition) is 5. The third-order valence-electron chi connectivity index (χ3n) is 2.12. The van der Waals surface area contributed by atoms with Gasteiger partial charge in [-0.1, -0.05) is 0 Å². The van der Waals surface area contributed by atoms with Crippen molar-refractivity contribution in [2.24, 2.45) is 0 Å². The molecule has 2 aromatic heterocycles. The van der Waals surface area contributed by atoms with Crippen molar-refractivity contribution >= 4 is 33.1 Å². The minimum atomic E-state index is 0.110. The minimum Gasteiger partial charge on any atom is -0.475 e. The predicted molar refractivity (Wildman–Crippen MR) is 77.1 cm³/mol. The average molecular weight is 328 g/mol. The van der Waals surface area contributed by atoms with Crippen LogP contribution in [0.2, 0.25) is 0 Å². The Hall–Kier alpha value is -1.14. The fraction of sp³-hybridized carbons (Fsp3) is 0.333. The van der Waals surface area contributed by atoms with Gasteiger partial charge in [0.25, 0.3) is 0 Å². The van der Waals surface area contributed by atoms with Gasteiger partial charge in [-0.05, 0) is 41.2 Å². The van der Waals surface area contributed by atoms with Crippen LogP contribution in [-0.2, 0) is 6.54 Å². The van der Waals surface area contributed by atoms with Gasteiger partial charge in [-0.2, -0.15) is 0 Å². The highest BCUT2D eigenvalue weighted by Crippen LogP contribution is 2.23. The number of anilines is 1. The molecule has 6 heteroatoms. The molecule has 1 N–H and O–H groups in total. The monoisotopic (exact) mass is 327 g/mol. The molecule has 0 aliphatic rings. The second-order valence-electron chi connectivity index (χ2n) is 3.95. The van der Waals surface area contributed by atoms with E-state index >= 15 is 0 Å². The predicted octanol–water partition coefficient (Wildman–Crippen LogP) is 3.70. The van der Waals surface area contributed by atoms with Crippen molar-refractivity contribution in [3.05, 3.63) is 33.2 Å². The molecule has 0 atom stereocenters. The molecule has 96 valence electrons. The molecule has 2 rings (SSSR count). The number of hydrogen-bond donors (Lipinski definition) is 1. The van der Waals surface area contributed by atoms with Crippen LogP contribution in [0.4, 0.5) is 5.82 Å². The van der Waals surface area contributed by atoms with Gasteiger partial charge in [-0.25, -0.2) is 9.97 Å². The second kappa shape index (κ2) is 6.15. The van der Waals surface area contributed by atoms with Crippen LogP contribution in [0.3, 0.4) is 0 Å². The van der Waals surface area contributed by atoms with Gasteiger partial charge < -0.3 is 10.1 Å². The summed E-state index contributed by atoms with van der Waals surface area (Å²) in [5.74, 6) is 1.36. The molecule has 0 spiro atoms. The molecule has 0 saturated carbocycles. The number of nitrogens with zero attached hydrogens (tertiary/aromatic N) is 2. The summed E-state index contributed by atoms with van der Waals surface area (Å²) in [4.78, 5) is 9.46. The topological polar surface area (TPSA) is 47.0 Å². The van der Waals surface area contributed by atoms with Gasteiger partial charge in [-0.3, -0.25) is 0 Å². The van der Waals surface area contributed by atoms with Crippen LogP contribution < -0.4 is 10.1 Å². The summed E-state index contributed by atoms with van der Waals surface area (Å²) >= 11 is 5.20. The molecule has 4 nitrogen and oxygen atoms in total. The number of thiophene rings is 1. The van der Waals surface area contributed by atoms with Crippen molar-refractivity contribution in [3.63, 3.8) is 0 Å². The van der Waals surface area contributed by atoms with Crippen LogP contribution in [-0.4, -0.2) is 16.1 Å². The minimum absolute atomic E-state index is 0.110. The van der Waals surface area contributed by atoms with Crippen LogP contribution in [0.5, 0.6) is 5.88 Å². The first-order chi connectivity index (χ1) is 8.65. The molecule has 0 aromatic carbocycles. The Labute approximate surface area is 119 Å². The fourth-order valence-corrected chi connectivity index (χ4v) is 2.80. The first kappa shape index (κ1) is 13.3. The van der Waals surface area contributed by atoms with Gasteiger partial charge in [0.1, 0.15) is 12.1 Å². The maximum atomic E-state index is 5.52. The molecule has 2 aromatic rings. The number of aromatic nitrogens is 2. The Kier molecular flexibility index (Phi) is 4.54. The summed E-state index contributed by atoms with van der Waals surface area (Å²) in [6, 6.07) is 3.84. The van der Waals surface area contributed by atoms with Crippen LogP contribution in [0.15, 0.2) is 28.3 Å². The smallest absolute Gasteiger partial charge is 0.218 e. The molecule has 0 aliphatic heterocycles. The average Bonchev–Trinajstić information content (AvgIpc) is 2.72. The molecular weight excluding hydrogens is 314 g/mol. The van der Waals surface area contributed by atoms with Gasteiger partial charge in [0.15, 0.2) is 0 Å². The molecule has 0 aliphatic carbocycles. The first-order valence-electron chi connectivity index (χ1n) is 5.59. The van der Waals surface area contributed by atoms with E-state index in [4.69, 9.17) is 4.74 Å². The summed E-state index contributed by atoms with van der Waals surface area (Å²) in [6.45, 7) is 4.67. The Bertz CT molecular complexity index is 516.